The third-order valence-electron chi connectivity index (χ3n) is 4.50. The van der Waals surface area contributed by atoms with Gasteiger partial charge in [0.25, 0.3) is 0 Å². The molecule has 0 amide bonds. The van der Waals surface area contributed by atoms with Crippen LogP contribution in [0.15, 0.2) is 28.3 Å². The quantitative estimate of drug-likeness (QED) is 0.396. The minimum Gasteiger partial charge on any atom is -0.379 e. The number of rotatable bonds is 4. The molecule has 2 fully saturated rings. The Kier molecular flexibility index (Phi) is 6.21. The summed E-state index contributed by atoms with van der Waals surface area (Å²) in [5.41, 5.74) is 3.74. The zero-order valence-corrected chi connectivity index (χ0v) is 14.7. The summed E-state index contributed by atoms with van der Waals surface area (Å²) in [7, 11) is 0. The van der Waals surface area contributed by atoms with E-state index in [1.807, 2.05) is 19.1 Å². The smallest absolute Gasteiger partial charge is 0.108 e. The second-order valence-corrected chi connectivity index (χ2v) is 6.53. The molecule has 2 saturated heterocycles. The van der Waals surface area contributed by atoms with Crippen LogP contribution >= 0.6 is 0 Å². The highest BCUT2D eigenvalue weighted by Gasteiger charge is 2.15. The first-order valence-corrected chi connectivity index (χ1v) is 8.86. The predicted octanol–water partition coefficient (Wildman–Crippen LogP) is 2.30. The molecular weight excluding hydrogens is 314 g/mol. The molecule has 0 radical (unpaired) electrons. The van der Waals surface area contributed by atoms with Crippen LogP contribution in [0.1, 0.15) is 36.0 Å². The van der Waals surface area contributed by atoms with Gasteiger partial charge in [0.15, 0.2) is 0 Å². The van der Waals surface area contributed by atoms with E-state index in [0.29, 0.717) is 18.2 Å². The summed E-state index contributed by atoms with van der Waals surface area (Å²) >= 11 is 0. The van der Waals surface area contributed by atoms with Gasteiger partial charge >= 0.3 is 0 Å². The maximum Gasteiger partial charge on any atom is 0.108 e. The van der Waals surface area contributed by atoms with Crippen molar-refractivity contribution in [2.45, 2.75) is 32.3 Å². The van der Waals surface area contributed by atoms with E-state index in [4.69, 9.17) is 15.3 Å². The van der Waals surface area contributed by atoms with Crippen molar-refractivity contribution in [1.29, 1.82) is 0 Å². The number of nitrogens with zero attached hydrogens (tertiary/aromatic N) is 2. The van der Waals surface area contributed by atoms with Crippen molar-refractivity contribution in [1.82, 2.24) is 0 Å². The molecule has 0 aliphatic carbocycles. The van der Waals surface area contributed by atoms with Crippen molar-refractivity contribution >= 4 is 11.9 Å². The lowest BCUT2D eigenvalue weighted by molar-refractivity contribution is -0.00300. The zero-order chi connectivity index (χ0) is 17.5. The summed E-state index contributed by atoms with van der Waals surface area (Å²) in [5.74, 6) is 12.4. The molecule has 3 rings (SSSR count). The maximum atomic E-state index is 5.69. The van der Waals surface area contributed by atoms with Gasteiger partial charge in [0.05, 0.1) is 31.8 Å². The Labute approximate surface area is 149 Å². The molecule has 1 aromatic rings. The first-order chi connectivity index (χ1) is 12.3. The van der Waals surface area contributed by atoms with Gasteiger partial charge in [0.1, 0.15) is 5.71 Å². The minimum atomic E-state index is 0.221. The molecule has 0 aromatic heterocycles. The number of hydrazone groups is 1. The van der Waals surface area contributed by atoms with Gasteiger partial charge in [0, 0.05) is 23.9 Å². The Morgan fingerprint density at radius 3 is 2.88 bits per heavy atom. The van der Waals surface area contributed by atoms with E-state index >= 15 is 0 Å². The van der Waals surface area contributed by atoms with Crippen LogP contribution in [0, 0.1) is 24.7 Å². The Hall–Kier alpha value is -2.16. The summed E-state index contributed by atoms with van der Waals surface area (Å²) in [6.45, 7) is 5.03. The molecular formula is C20H25N3O2. The van der Waals surface area contributed by atoms with E-state index in [9.17, 15) is 0 Å². The first kappa shape index (κ1) is 17.7. The van der Waals surface area contributed by atoms with Crippen molar-refractivity contribution in [2.24, 2.45) is 21.9 Å². The molecule has 1 aromatic carbocycles. The van der Waals surface area contributed by atoms with Crippen LogP contribution in [0.5, 0.6) is 0 Å². The van der Waals surface area contributed by atoms with Crippen molar-refractivity contribution in [2.75, 3.05) is 26.4 Å². The Bertz CT molecular complexity index is 705. The van der Waals surface area contributed by atoms with E-state index in [1.54, 1.807) is 6.21 Å². The summed E-state index contributed by atoms with van der Waals surface area (Å²) in [6, 6.07) is 6.06. The fourth-order valence-electron chi connectivity index (χ4n) is 2.91. The first-order valence-electron chi connectivity index (χ1n) is 8.86. The topological polar surface area (TPSA) is 69.2 Å². The van der Waals surface area contributed by atoms with E-state index < -0.39 is 0 Å². The molecule has 5 nitrogen and oxygen atoms in total. The van der Waals surface area contributed by atoms with E-state index in [1.165, 1.54) is 6.42 Å². The standard InChI is InChI=1S/C20H25N3O2/c1-15-10-16(5-6-17-13-24-14-17)7-8-19(15)20(23-21)12-22-11-18-4-2-3-9-25-18/h7-8,10,12,17-18H,2-4,9,11,13-14,21H2,1H3/b22-12?,23-20+. The number of benzene rings is 1. The van der Waals surface area contributed by atoms with Crippen molar-refractivity contribution in [3.8, 4) is 11.8 Å². The van der Waals surface area contributed by atoms with Gasteiger partial charge in [-0.05, 0) is 43.9 Å². The highest BCUT2D eigenvalue weighted by atomic mass is 16.5. The van der Waals surface area contributed by atoms with Crippen molar-refractivity contribution in [3.05, 3.63) is 34.9 Å². The fourth-order valence-corrected chi connectivity index (χ4v) is 2.91. The SMILES string of the molecule is Cc1cc(C#CC2COC2)ccc1/C(C=NCC1CCCCO1)=N/N. The number of hydrogen-bond donors (Lipinski definition) is 1. The van der Waals surface area contributed by atoms with E-state index in [-0.39, 0.29) is 6.10 Å². The van der Waals surface area contributed by atoms with E-state index in [0.717, 1.165) is 49.4 Å². The highest BCUT2D eigenvalue weighted by molar-refractivity contribution is 6.38. The van der Waals surface area contributed by atoms with Crippen LogP contribution in [0.4, 0.5) is 0 Å². The molecule has 1 atom stereocenters. The molecule has 1 unspecified atom stereocenters. The van der Waals surface area contributed by atoms with Gasteiger partial charge in [-0.15, -0.1) is 0 Å². The lowest BCUT2D eigenvalue weighted by atomic mass is 10.0. The number of aryl methyl sites for hydroxylation is 1. The van der Waals surface area contributed by atoms with E-state index in [2.05, 4.69) is 28.0 Å². The third kappa shape index (κ3) is 4.91. The second kappa shape index (κ2) is 8.80. The number of nitrogens with two attached hydrogens (primary N) is 1. The lowest BCUT2D eigenvalue weighted by Crippen LogP contribution is -2.25. The average molecular weight is 339 g/mol. The number of ether oxygens (including phenoxy) is 2. The van der Waals surface area contributed by atoms with Crippen LogP contribution < -0.4 is 5.84 Å². The van der Waals surface area contributed by atoms with Gasteiger partial charge < -0.3 is 15.3 Å². The molecule has 2 aliphatic rings. The Morgan fingerprint density at radius 2 is 2.24 bits per heavy atom. The molecule has 2 heterocycles. The molecule has 132 valence electrons. The zero-order valence-electron chi connectivity index (χ0n) is 14.7. The lowest BCUT2D eigenvalue weighted by Gasteiger charge is -2.20. The van der Waals surface area contributed by atoms with Crippen LogP contribution in [-0.2, 0) is 9.47 Å². The number of hydrogen-bond acceptors (Lipinski definition) is 5. The van der Waals surface area contributed by atoms with Gasteiger partial charge in [-0.2, -0.15) is 5.10 Å². The molecule has 0 saturated carbocycles. The van der Waals surface area contributed by atoms with Crippen molar-refractivity contribution in [3.63, 3.8) is 0 Å². The third-order valence-corrected chi connectivity index (χ3v) is 4.50. The molecule has 5 heteroatoms. The predicted molar refractivity (Wildman–Crippen MR) is 100 cm³/mol. The summed E-state index contributed by atoms with van der Waals surface area (Å²) < 4.78 is 10.8. The molecule has 0 spiro atoms. The van der Waals surface area contributed by atoms with Gasteiger partial charge in [-0.25, -0.2) is 0 Å². The van der Waals surface area contributed by atoms with Gasteiger partial charge in [-0.3, -0.25) is 4.99 Å². The normalized spacial score (nSPS) is 21.6. The molecule has 2 N–H and O–H groups in total. The average Bonchev–Trinajstić information content (AvgIpc) is 2.59. The Morgan fingerprint density at radius 1 is 1.36 bits per heavy atom. The fraction of sp³-hybridized carbons (Fsp3) is 0.500. The largest absolute Gasteiger partial charge is 0.379 e. The summed E-state index contributed by atoms with van der Waals surface area (Å²) in [6.07, 6.45) is 5.41. The van der Waals surface area contributed by atoms with Gasteiger partial charge in [0.2, 0.25) is 0 Å². The van der Waals surface area contributed by atoms with Crippen LogP contribution in [0.3, 0.4) is 0 Å². The Balaban J connectivity index is 1.64. The summed E-state index contributed by atoms with van der Waals surface area (Å²) in [4.78, 5) is 4.48. The van der Waals surface area contributed by atoms with Crippen LogP contribution in [-0.4, -0.2) is 44.4 Å². The van der Waals surface area contributed by atoms with Crippen molar-refractivity contribution < 1.29 is 9.47 Å². The highest BCUT2D eigenvalue weighted by Crippen LogP contribution is 2.14. The van der Waals surface area contributed by atoms with Gasteiger partial charge in [-0.1, -0.05) is 17.9 Å². The second-order valence-electron chi connectivity index (χ2n) is 6.53. The minimum absolute atomic E-state index is 0.221. The van der Waals surface area contributed by atoms with Crippen LogP contribution in [0.25, 0.3) is 0 Å². The molecule has 0 bridgehead atoms. The molecule has 2 aliphatic heterocycles. The monoisotopic (exact) mass is 339 g/mol. The maximum absolute atomic E-state index is 5.69. The molecule has 25 heavy (non-hydrogen) atoms. The van der Waals surface area contributed by atoms with Crippen LogP contribution in [0.2, 0.25) is 0 Å². The number of aliphatic imine (C=N–C) groups is 1. The summed E-state index contributed by atoms with van der Waals surface area (Å²) in [5, 5.41) is 3.90.